The quantitative estimate of drug-likeness (QED) is 0.926. The Morgan fingerprint density at radius 3 is 2.65 bits per heavy atom. The number of hydrogen-bond donors (Lipinski definition) is 1. The summed E-state index contributed by atoms with van der Waals surface area (Å²) in [5, 5.41) is 5.78. The molecule has 1 aliphatic carbocycles. The highest BCUT2D eigenvalue weighted by atomic mass is 35.5. The Balaban J connectivity index is 2.33. The van der Waals surface area contributed by atoms with Crippen LogP contribution < -0.4 is 5.14 Å². The van der Waals surface area contributed by atoms with Gasteiger partial charge in [0.1, 0.15) is 0 Å². The SMILES string of the molecule is NS(=O)(=O)c1ccc(Cl)cc1-c1cccc2c1C=CC2. The van der Waals surface area contributed by atoms with Gasteiger partial charge < -0.3 is 0 Å². The first kappa shape index (κ1) is 13.4. The van der Waals surface area contributed by atoms with Crippen LogP contribution >= 0.6 is 11.6 Å². The number of allylic oxidation sites excluding steroid dienone is 1. The van der Waals surface area contributed by atoms with Crippen molar-refractivity contribution in [3.05, 3.63) is 58.6 Å². The van der Waals surface area contributed by atoms with E-state index in [1.54, 1.807) is 6.07 Å². The van der Waals surface area contributed by atoms with Gasteiger partial charge in [-0.1, -0.05) is 42.0 Å². The minimum absolute atomic E-state index is 0.0931. The molecule has 20 heavy (non-hydrogen) atoms. The molecule has 1 aliphatic rings. The minimum atomic E-state index is -3.80. The summed E-state index contributed by atoms with van der Waals surface area (Å²) in [5.41, 5.74) is 3.58. The molecule has 3 rings (SSSR count). The number of hydrogen-bond acceptors (Lipinski definition) is 2. The number of sulfonamides is 1. The van der Waals surface area contributed by atoms with Crippen molar-refractivity contribution in [2.24, 2.45) is 5.14 Å². The lowest BCUT2D eigenvalue weighted by molar-refractivity contribution is 0.598. The van der Waals surface area contributed by atoms with Crippen LogP contribution in [0.5, 0.6) is 0 Å². The highest BCUT2D eigenvalue weighted by Gasteiger charge is 2.19. The van der Waals surface area contributed by atoms with Crippen LogP contribution in [-0.2, 0) is 16.4 Å². The van der Waals surface area contributed by atoms with Gasteiger partial charge >= 0.3 is 0 Å². The van der Waals surface area contributed by atoms with Crippen molar-refractivity contribution in [3.8, 4) is 11.1 Å². The summed E-state index contributed by atoms with van der Waals surface area (Å²) in [6, 6.07) is 10.4. The van der Waals surface area contributed by atoms with Crippen LogP contribution in [0.3, 0.4) is 0 Å². The van der Waals surface area contributed by atoms with Crippen LogP contribution in [0.1, 0.15) is 11.1 Å². The summed E-state index contributed by atoms with van der Waals surface area (Å²) in [5.74, 6) is 0. The fourth-order valence-electron chi connectivity index (χ4n) is 2.49. The Bertz CT molecular complexity index is 826. The molecule has 0 radical (unpaired) electrons. The maximum Gasteiger partial charge on any atom is 0.238 e. The van der Waals surface area contributed by atoms with Crippen molar-refractivity contribution in [3.63, 3.8) is 0 Å². The first-order valence-corrected chi connectivity index (χ1v) is 8.00. The summed E-state index contributed by atoms with van der Waals surface area (Å²) in [7, 11) is -3.80. The minimum Gasteiger partial charge on any atom is -0.225 e. The van der Waals surface area contributed by atoms with E-state index in [-0.39, 0.29) is 4.90 Å². The van der Waals surface area contributed by atoms with Crippen molar-refractivity contribution in [2.75, 3.05) is 0 Å². The van der Waals surface area contributed by atoms with Crippen molar-refractivity contribution < 1.29 is 8.42 Å². The molecule has 3 nitrogen and oxygen atoms in total. The topological polar surface area (TPSA) is 60.2 Å². The van der Waals surface area contributed by atoms with E-state index in [4.69, 9.17) is 16.7 Å². The Morgan fingerprint density at radius 2 is 1.90 bits per heavy atom. The molecule has 0 saturated heterocycles. The van der Waals surface area contributed by atoms with Gasteiger partial charge in [0.2, 0.25) is 10.0 Å². The number of primary sulfonamides is 1. The third-order valence-electron chi connectivity index (χ3n) is 3.36. The lowest BCUT2D eigenvalue weighted by atomic mass is 9.97. The van der Waals surface area contributed by atoms with Gasteiger partial charge in [0, 0.05) is 10.6 Å². The van der Waals surface area contributed by atoms with Crippen LogP contribution in [0.4, 0.5) is 0 Å². The molecule has 5 heteroatoms. The van der Waals surface area contributed by atoms with Crippen LogP contribution in [0, 0.1) is 0 Å². The number of halogens is 1. The number of nitrogens with two attached hydrogens (primary N) is 1. The summed E-state index contributed by atoms with van der Waals surface area (Å²) in [6.07, 6.45) is 4.91. The summed E-state index contributed by atoms with van der Waals surface area (Å²) < 4.78 is 23.5. The monoisotopic (exact) mass is 305 g/mol. The molecule has 0 aliphatic heterocycles. The zero-order valence-electron chi connectivity index (χ0n) is 10.5. The van der Waals surface area contributed by atoms with Crippen molar-refractivity contribution in [1.82, 2.24) is 0 Å². The molecular weight excluding hydrogens is 294 g/mol. The van der Waals surface area contributed by atoms with Crippen molar-refractivity contribution >= 4 is 27.7 Å². The van der Waals surface area contributed by atoms with E-state index in [1.807, 2.05) is 24.3 Å². The summed E-state index contributed by atoms with van der Waals surface area (Å²) in [4.78, 5) is 0.0931. The van der Waals surface area contributed by atoms with E-state index in [9.17, 15) is 8.42 Å². The molecule has 0 heterocycles. The summed E-state index contributed by atoms with van der Waals surface area (Å²) in [6.45, 7) is 0. The average molecular weight is 306 g/mol. The average Bonchev–Trinajstić information content (AvgIpc) is 2.85. The predicted octanol–water partition coefficient (Wildman–Crippen LogP) is 3.22. The molecule has 2 N–H and O–H groups in total. The van der Waals surface area contributed by atoms with E-state index in [1.165, 1.54) is 17.7 Å². The molecule has 0 saturated carbocycles. The fourth-order valence-corrected chi connectivity index (χ4v) is 3.39. The van der Waals surface area contributed by atoms with Gasteiger partial charge in [-0.3, -0.25) is 0 Å². The van der Waals surface area contributed by atoms with Gasteiger partial charge in [0.05, 0.1) is 4.90 Å². The number of fused-ring (bicyclic) bond motifs is 1. The second kappa shape index (κ2) is 4.74. The smallest absolute Gasteiger partial charge is 0.225 e. The summed E-state index contributed by atoms with van der Waals surface area (Å²) >= 11 is 6.01. The molecule has 2 aromatic carbocycles. The second-order valence-corrected chi connectivity index (χ2v) is 6.64. The van der Waals surface area contributed by atoms with E-state index < -0.39 is 10.0 Å². The lowest BCUT2D eigenvalue weighted by Gasteiger charge is -2.12. The molecule has 102 valence electrons. The van der Waals surface area contributed by atoms with E-state index in [0.717, 1.165) is 17.5 Å². The standard InChI is InChI=1S/C15H12ClNO2S/c16-11-7-8-15(20(17,18)19)14(9-11)13-6-2-4-10-3-1-5-12(10)13/h1-2,4-9H,3H2,(H2,17,18,19). The Kier molecular flexibility index (Phi) is 3.17. The van der Waals surface area contributed by atoms with Crippen LogP contribution in [-0.4, -0.2) is 8.42 Å². The highest BCUT2D eigenvalue weighted by Crippen LogP contribution is 2.35. The maximum absolute atomic E-state index is 11.8. The van der Waals surface area contributed by atoms with Crippen molar-refractivity contribution in [2.45, 2.75) is 11.3 Å². The molecule has 0 atom stereocenters. The van der Waals surface area contributed by atoms with E-state index >= 15 is 0 Å². The second-order valence-electron chi connectivity index (χ2n) is 4.67. The zero-order chi connectivity index (χ0) is 14.3. The highest BCUT2D eigenvalue weighted by molar-refractivity contribution is 7.89. The molecule has 0 spiro atoms. The Hall–Kier alpha value is -1.62. The van der Waals surface area contributed by atoms with Crippen molar-refractivity contribution in [1.29, 1.82) is 0 Å². The largest absolute Gasteiger partial charge is 0.238 e. The molecule has 0 amide bonds. The third-order valence-corrected chi connectivity index (χ3v) is 4.56. The Morgan fingerprint density at radius 1 is 1.10 bits per heavy atom. The lowest BCUT2D eigenvalue weighted by Crippen LogP contribution is -2.13. The maximum atomic E-state index is 11.8. The molecule has 0 bridgehead atoms. The molecule has 0 fully saturated rings. The molecule has 0 unspecified atom stereocenters. The van der Waals surface area contributed by atoms with E-state index in [0.29, 0.717) is 10.6 Å². The van der Waals surface area contributed by atoms with E-state index in [2.05, 4.69) is 6.08 Å². The van der Waals surface area contributed by atoms with Gasteiger partial charge in [-0.05, 0) is 41.3 Å². The zero-order valence-corrected chi connectivity index (χ0v) is 12.1. The van der Waals surface area contributed by atoms with Crippen LogP contribution in [0.15, 0.2) is 47.4 Å². The van der Waals surface area contributed by atoms with Gasteiger partial charge in [-0.25, -0.2) is 13.6 Å². The Labute approximate surface area is 122 Å². The number of rotatable bonds is 2. The van der Waals surface area contributed by atoms with Gasteiger partial charge in [0.25, 0.3) is 0 Å². The predicted molar refractivity (Wildman–Crippen MR) is 81.0 cm³/mol. The third kappa shape index (κ3) is 2.26. The molecule has 2 aromatic rings. The first-order chi connectivity index (χ1) is 9.47. The normalized spacial score (nSPS) is 13.5. The number of benzene rings is 2. The van der Waals surface area contributed by atoms with Gasteiger partial charge in [0.15, 0.2) is 0 Å². The molecule has 0 aromatic heterocycles. The first-order valence-electron chi connectivity index (χ1n) is 6.08. The fraction of sp³-hybridized carbons (Fsp3) is 0.0667. The molecular formula is C15H12ClNO2S. The van der Waals surface area contributed by atoms with Gasteiger partial charge in [-0.15, -0.1) is 0 Å². The van der Waals surface area contributed by atoms with Crippen LogP contribution in [0.2, 0.25) is 5.02 Å². The van der Waals surface area contributed by atoms with Gasteiger partial charge in [-0.2, -0.15) is 0 Å². The van der Waals surface area contributed by atoms with Crippen LogP contribution in [0.25, 0.3) is 17.2 Å².